The Morgan fingerprint density at radius 1 is 1.03 bits per heavy atom. The first kappa shape index (κ1) is 18.4. The van der Waals surface area contributed by atoms with Crippen molar-refractivity contribution in [3.05, 3.63) is 84.8 Å². The maximum Gasteiger partial charge on any atom is 0.221 e. The van der Waals surface area contributed by atoms with Crippen LogP contribution < -0.4 is 5.32 Å². The lowest BCUT2D eigenvalue weighted by Crippen LogP contribution is -2.05. The van der Waals surface area contributed by atoms with Crippen LogP contribution in [0.25, 0.3) is 28.3 Å². The van der Waals surface area contributed by atoms with Gasteiger partial charge in [-0.15, -0.1) is 0 Å². The second-order valence-electron chi connectivity index (χ2n) is 6.58. The van der Waals surface area contributed by atoms with Crippen LogP contribution in [0.5, 0.6) is 5.75 Å². The summed E-state index contributed by atoms with van der Waals surface area (Å²) in [4.78, 5) is 16.1. The zero-order chi connectivity index (χ0) is 20.4. The molecule has 0 saturated heterocycles. The number of benzene rings is 3. The molecule has 0 aliphatic carbocycles. The van der Waals surface area contributed by atoms with Crippen molar-refractivity contribution in [1.82, 2.24) is 9.55 Å². The van der Waals surface area contributed by atoms with Crippen LogP contribution in [0.15, 0.2) is 79.0 Å². The third kappa shape index (κ3) is 3.87. The Morgan fingerprint density at radius 3 is 2.45 bits per heavy atom. The molecule has 1 heterocycles. The summed E-state index contributed by atoms with van der Waals surface area (Å²) in [6, 6.07) is 20.5. The molecule has 3 aromatic carbocycles. The molecular weight excluding hydrogens is 369 g/mol. The van der Waals surface area contributed by atoms with Gasteiger partial charge in [-0.3, -0.25) is 9.36 Å². The van der Waals surface area contributed by atoms with E-state index in [0.29, 0.717) is 22.8 Å². The summed E-state index contributed by atoms with van der Waals surface area (Å²) >= 11 is 0. The highest BCUT2D eigenvalue weighted by atomic mass is 19.1. The van der Waals surface area contributed by atoms with Crippen LogP contribution in [0.2, 0.25) is 0 Å². The summed E-state index contributed by atoms with van der Waals surface area (Å²) in [5.41, 5.74) is 3.18. The first-order valence-corrected chi connectivity index (χ1v) is 9.03. The molecule has 6 heteroatoms. The number of amides is 1. The third-order valence-corrected chi connectivity index (χ3v) is 4.44. The van der Waals surface area contributed by atoms with Crippen molar-refractivity contribution in [2.24, 2.45) is 0 Å². The molecule has 29 heavy (non-hydrogen) atoms. The van der Waals surface area contributed by atoms with Gasteiger partial charge in [-0.2, -0.15) is 0 Å². The van der Waals surface area contributed by atoms with Crippen LogP contribution in [0.3, 0.4) is 0 Å². The topological polar surface area (TPSA) is 67.2 Å². The highest BCUT2D eigenvalue weighted by Gasteiger charge is 2.16. The number of nitrogens with zero attached hydrogens (tertiary/aromatic N) is 2. The van der Waals surface area contributed by atoms with Crippen molar-refractivity contribution in [2.75, 3.05) is 5.32 Å². The Morgan fingerprint density at radius 2 is 1.76 bits per heavy atom. The lowest BCUT2D eigenvalue weighted by atomic mass is 10.1. The Balaban J connectivity index is 1.88. The van der Waals surface area contributed by atoms with E-state index < -0.39 is 0 Å². The molecule has 2 N–H and O–H groups in total. The maximum atomic E-state index is 13.4. The Hall–Kier alpha value is -3.93. The predicted octanol–water partition coefficient (Wildman–Crippen LogP) is 5.01. The summed E-state index contributed by atoms with van der Waals surface area (Å²) in [5.74, 6) is 0.119. The monoisotopic (exact) mass is 387 g/mol. The fraction of sp³-hybridized carbons (Fsp3) is 0.0435. The number of hydrogen-bond acceptors (Lipinski definition) is 3. The van der Waals surface area contributed by atoms with Crippen molar-refractivity contribution in [1.29, 1.82) is 0 Å². The quantitative estimate of drug-likeness (QED) is 0.484. The van der Waals surface area contributed by atoms with Gasteiger partial charge in [-0.1, -0.05) is 18.2 Å². The maximum absolute atomic E-state index is 13.4. The van der Waals surface area contributed by atoms with Gasteiger partial charge in [0.05, 0.1) is 5.69 Å². The minimum Gasteiger partial charge on any atom is -0.507 e. The van der Waals surface area contributed by atoms with E-state index in [0.717, 1.165) is 11.3 Å². The van der Waals surface area contributed by atoms with E-state index >= 15 is 0 Å². The van der Waals surface area contributed by atoms with Gasteiger partial charge < -0.3 is 10.4 Å². The molecule has 0 aliphatic rings. The third-order valence-electron chi connectivity index (χ3n) is 4.44. The highest BCUT2D eigenvalue weighted by Crippen LogP contribution is 2.34. The van der Waals surface area contributed by atoms with E-state index in [2.05, 4.69) is 5.32 Å². The highest BCUT2D eigenvalue weighted by molar-refractivity contribution is 5.90. The number of carbonyl (C=O) groups is 1. The zero-order valence-electron chi connectivity index (χ0n) is 15.6. The van der Waals surface area contributed by atoms with Crippen molar-refractivity contribution < 1.29 is 14.3 Å². The number of halogens is 1. The van der Waals surface area contributed by atoms with Crippen LogP contribution >= 0.6 is 0 Å². The lowest BCUT2D eigenvalue weighted by molar-refractivity contribution is -0.114. The summed E-state index contributed by atoms with van der Waals surface area (Å²) in [5, 5.41) is 13.1. The number of hydrogen-bond donors (Lipinski definition) is 2. The second kappa shape index (κ2) is 7.59. The van der Waals surface area contributed by atoms with Crippen molar-refractivity contribution in [3.8, 4) is 34.1 Å². The molecule has 0 bridgehead atoms. The molecule has 0 radical (unpaired) electrons. The van der Waals surface area contributed by atoms with Gasteiger partial charge in [-0.25, -0.2) is 9.37 Å². The minimum atomic E-state index is -0.326. The molecule has 5 nitrogen and oxygen atoms in total. The molecule has 1 aromatic heterocycles. The van der Waals surface area contributed by atoms with Gasteiger partial charge >= 0.3 is 0 Å². The van der Waals surface area contributed by atoms with E-state index in [1.54, 1.807) is 30.5 Å². The van der Waals surface area contributed by atoms with Gasteiger partial charge in [0, 0.05) is 35.6 Å². The summed E-state index contributed by atoms with van der Waals surface area (Å²) in [6.07, 6.45) is 1.81. The van der Waals surface area contributed by atoms with Crippen molar-refractivity contribution in [3.63, 3.8) is 0 Å². The average molecular weight is 387 g/mol. The zero-order valence-corrected chi connectivity index (χ0v) is 15.6. The molecule has 0 saturated carbocycles. The number of para-hydroxylation sites is 1. The average Bonchev–Trinajstić information content (AvgIpc) is 3.15. The summed E-state index contributed by atoms with van der Waals surface area (Å²) in [7, 11) is 0. The Kier molecular flexibility index (Phi) is 4.83. The fourth-order valence-corrected chi connectivity index (χ4v) is 3.12. The molecule has 4 aromatic rings. The first-order valence-electron chi connectivity index (χ1n) is 9.03. The van der Waals surface area contributed by atoms with Crippen LogP contribution in [-0.4, -0.2) is 20.6 Å². The molecule has 0 fully saturated rings. The predicted molar refractivity (Wildman–Crippen MR) is 110 cm³/mol. The number of nitrogens with one attached hydrogen (secondary N) is 1. The number of phenolic OH excluding ortho intramolecular Hbond substituents is 1. The number of aromatic nitrogens is 2. The normalized spacial score (nSPS) is 10.7. The Labute approximate surface area is 167 Å². The molecule has 0 atom stereocenters. The lowest BCUT2D eigenvalue weighted by Gasteiger charge is -2.07. The van der Waals surface area contributed by atoms with Gasteiger partial charge in [-0.05, 0) is 54.6 Å². The molecule has 1 amide bonds. The summed E-state index contributed by atoms with van der Waals surface area (Å²) in [6.45, 7) is 1.42. The smallest absolute Gasteiger partial charge is 0.221 e. The number of rotatable bonds is 4. The van der Waals surface area contributed by atoms with E-state index in [9.17, 15) is 14.3 Å². The van der Waals surface area contributed by atoms with Crippen LogP contribution in [0.4, 0.5) is 10.1 Å². The van der Waals surface area contributed by atoms with Gasteiger partial charge in [0.1, 0.15) is 17.4 Å². The van der Waals surface area contributed by atoms with Crippen molar-refractivity contribution >= 4 is 11.6 Å². The minimum absolute atomic E-state index is 0.0440. The van der Waals surface area contributed by atoms with Crippen LogP contribution in [0.1, 0.15) is 6.92 Å². The second-order valence-corrected chi connectivity index (χ2v) is 6.58. The number of anilines is 1. The number of imidazole rings is 1. The van der Waals surface area contributed by atoms with E-state index in [4.69, 9.17) is 4.98 Å². The van der Waals surface area contributed by atoms with Crippen LogP contribution in [0, 0.1) is 5.82 Å². The standard InChI is InChI=1S/C23H18FN3O2/c1-15(28)25-18-11-12-22(29)20(13-18)21-14-27(19-5-3-2-4-6-19)23(26-21)16-7-9-17(24)10-8-16/h2-14,29H,1H3,(H,25,28). The first-order chi connectivity index (χ1) is 14.0. The van der Waals surface area contributed by atoms with Crippen molar-refractivity contribution in [2.45, 2.75) is 6.92 Å². The molecule has 144 valence electrons. The SMILES string of the molecule is CC(=O)Nc1ccc(O)c(-c2cn(-c3ccccc3)c(-c3ccc(F)cc3)n2)c1. The molecular formula is C23H18FN3O2. The number of aromatic hydroxyl groups is 1. The van der Waals surface area contributed by atoms with E-state index in [1.807, 2.05) is 34.9 Å². The fourth-order valence-electron chi connectivity index (χ4n) is 3.12. The number of carbonyl (C=O) groups excluding carboxylic acids is 1. The largest absolute Gasteiger partial charge is 0.507 e. The van der Waals surface area contributed by atoms with Gasteiger partial charge in [0.25, 0.3) is 0 Å². The molecule has 4 rings (SSSR count). The Bertz CT molecular complexity index is 1170. The van der Waals surface area contributed by atoms with E-state index in [1.165, 1.54) is 25.1 Å². The number of phenols is 1. The van der Waals surface area contributed by atoms with Gasteiger partial charge in [0.15, 0.2) is 0 Å². The molecule has 0 aliphatic heterocycles. The summed E-state index contributed by atoms with van der Waals surface area (Å²) < 4.78 is 15.3. The van der Waals surface area contributed by atoms with Crippen LogP contribution in [-0.2, 0) is 4.79 Å². The molecule has 0 spiro atoms. The molecule has 0 unspecified atom stereocenters. The van der Waals surface area contributed by atoms with Gasteiger partial charge in [0.2, 0.25) is 5.91 Å². The van der Waals surface area contributed by atoms with E-state index in [-0.39, 0.29) is 17.5 Å².